The van der Waals surface area contributed by atoms with Crippen molar-refractivity contribution in [1.29, 1.82) is 10.5 Å². The first-order chi connectivity index (χ1) is 31.0. The van der Waals surface area contributed by atoms with Crippen molar-refractivity contribution in [3.63, 3.8) is 0 Å². The highest BCUT2D eigenvalue weighted by molar-refractivity contribution is 7.92. The first kappa shape index (κ1) is 48.1. The van der Waals surface area contributed by atoms with Gasteiger partial charge in [0.05, 0.1) is 79.0 Å². The second-order valence-corrected chi connectivity index (χ2v) is 21.2. The Labute approximate surface area is 374 Å². The van der Waals surface area contributed by atoms with Gasteiger partial charge in [-0.2, -0.15) is 47.1 Å². The number of amides is 2. The van der Waals surface area contributed by atoms with Gasteiger partial charge in [-0.05, 0) is 87.8 Å². The molecule has 2 heterocycles. The number of aromatic nitrogens is 4. The molecule has 0 bridgehead atoms. The van der Waals surface area contributed by atoms with Gasteiger partial charge in [0.2, 0.25) is 11.8 Å². The molecule has 16 nitrogen and oxygen atoms in total. The number of sulfone groups is 2. The van der Waals surface area contributed by atoms with E-state index in [1.165, 1.54) is 50.9 Å². The normalized spacial score (nSPS) is 24.3. The van der Waals surface area contributed by atoms with Gasteiger partial charge in [0.25, 0.3) is 0 Å². The van der Waals surface area contributed by atoms with Crippen LogP contribution in [0.4, 0.5) is 26.3 Å². The molecule has 2 amide bonds. The van der Waals surface area contributed by atoms with Crippen LogP contribution in [-0.4, -0.2) is 97.0 Å². The van der Waals surface area contributed by atoms with E-state index in [1.807, 2.05) is 12.1 Å². The number of aromatic amines is 2. The van der Waals surface area contributed by atoms with Crippen LogP contribution < -0.4 is 10.6 Å². The van der Waals surface area contributed by atoms with E-state index < -0.39 is 110 Å². The highest BCUT2D eigenvalue weighted by atomic mass is 32.2. The molecule has 4 fully saturated rings. The van der Waals surface area contributed by atoms with Crippen LogP contribution in [0.15, 0.2) is 70.7 Å². The minimum atomic E-state index is -4.92. The smallest absolute Gasteiger partial charge is 0.381 e. The third-order valence-electron chi connectivity index (χ3n) is 12.5. The Hall–Kier alpha value is -5.82. The summed E-state index contributed by atoms with van der Waals surface area (Å²) in [6.07, 6.45) is -7.33. The fourth-order valence-corrected chi connectivity index (χ4v) is 12.5. The first-order valence-electron chi connectivity index (χ1n) is 20.4. The number of hydrogen-bond acceptors (Lipinski definition) is 12. The van der Waals surface area contributed by atoms with E-state index in [9.17, 15) is 63.3 Å². The van der Waals surface area contributed by atoms with Gasteiger partial charge in [-0.1, -0.05) is 12.1 Å². The zero-order chi connectivity index (χ0) is 48.0. The topological polar surface area (TPSA) is 250 Å². The van der Waals surface area contributed by atoms with Crippen molar-refractivity contribution < 1.29 is 62.2 Å². The minimum absolute atomic E-state index is 0.129. The minimum Gasteiger partial charge on any atom is -0.381 e. The molecule has 0 spiro atoms. The van der Waals surface area contributed by atoms with Crippen LogP contribution in [-0.2, 0) is 51.1 Å². The molecule has 4 N–H and O–H groups in total. The number of H-pyrrole nitrogens is 2. The van der Waals surface area contributed by atoms with E-state index >= 15 is 0 Å². The van der Waals surface area contributed by atoms with E-state index in [1.54, 1.807) is 0 Å². The number of carbonyl (C=O) groups is 2. The number of ether oxygens (including phenoxy) is 2. The fraction of sp³-hybridized carbons (Fsp3) is 0.476. The summed E-state index contributed by atoms with van der Waals surface area (Å²) in [6.45, 7) is 0. The van der Waals surface area contributed by atoms with Gasteiger partial charge in [0, 0.05) is 37.7 Å². The van der Waals surface area contributed by atoms with Crippen molar-refractivity contribution in [2.45, 2.75) is 107 Å². The zero-order valence-corrected chi connectivity index (χ0v) is 36.7. The van der Waals surface area contributed by atoms with Gasteiger partial charge >= 0.3 is 12.4 Å². The van der Waals surface area contributed by atoms with Crippen molar-refractivity contribution in [1.82, 2.24) is 31.0 Å². The number of carbonyl (C=O) groups excluding carboxylic acids is 2. The van der Waals surface area contributed by atoms with Gasteiger partial charge in [-0.3, -0.25) is 19.8 Å². The van der Waals surface area contributed by atoms with Gasteiger partial charge in [0.15, 0.2) is 19.7 Å². The zero-order valence-electron chi connectivity index (χ0n) is 35.0. The molecule has 352 valence electrons. The molecule has 6 atom stereocenters. The fourth-order valence-electron chi connectivity index (χ4n) is 8.45. The number of methoxy groups -OCH3 is 2. The predicted molar refractivity (Wildman–Crippen MR) is 218 cm³/mol. The number of nitrogens with zero attached hydrogens (tertiary/aromatic N) is 4. The Morgan fingerprint density at radius 1 is 0.652 bits per heavy atom. The van der Waals surface area contributed by atoms with Gasteiger partial charge in [-0.25, -0.2) is 16.8 Å². The van der Waals surface area contributed by atoms with Gasteiger partial charge in [0.1, 0.15) is 11.1 Å². The largest absolute Gasteiger partial charge is 0.417 e. The maximum Gasteiger partial charge on any atom is 0.417 e. The van der Waals surface area contributed by atoms with Crippen LogP contribution in [0.2, 0.25) is 0 Å². The van der Waals surface area contributed by atoms with Crippen molar-refractivity contribution >= 4 is 31.5 Å². The third-order valence-corrected chi connectivity index (χ3v) is 17.0. The van der Waals surface area contributed by atoms with Gasteiger partial charge in [-0.15, -0.1) is 0 Å². The molecule has 8 rings (SSSR count). The van der Waals surface area contributed by atoms with Crippen LogP contribution >= 0.6 is 0 Å². The number of rotatable bonds is 12. The summed E-state index contributed by atoms with van der Waals surface area (Å²) in [5, 5.41) is 33.7. The predicted octanol–water partition coefficient (Wildman–Crippen LogP) is 5.67. The SMILES string of the molecule is CO[C@@H]1C[C@H](S(=O)(=O)c2ccc(-c3ccn[nH]3)cc2C(F)(F)F)C[C@H]1C(=O)NC1(C#N)CC1.CO[C@H]1C[C@@H](S(=O)(=O)c2ccc(-c3ccn[nH]3)cc2C(F)(F)F)C[C@@H]1C(=O)NC1(C#N)CC1. The molecule has 0 saturated heterocycles. The summed E-state index contributed by atoms with van der Waals surface area (Å²) < 4.78 is 147. The van der Waals surface area contributed by atoms with Crippen LogP contribution in [0.25, 0.3) is 22.5 Å². The second kappa shape index (κ2) is 17.8. The van der Waals surface area contributed by atoms with Crippen molar-refractivity contribution in [3.05, 3.63) is 72.1 Å². The molecular weight excluding hydrogens is 923 g/mol. The maximum atomic E-state index is 13.9. The van der Waals surface area contributed by atoms with E-state index in [0.29, 0.717) is 37.1 Å². The lowest BCUT2D eigenvalue weighted by Crippen LogP contribution is -2.42. The summed E-state index contributed by atoms with van der Waals surface area (Å²) in [6, 6.07) is 13.0. The number of nitriles is 2. The molecule has 0 unspecified atom stereocenters. The van der Waals surface area contributed by atoms with E-state index in [0.717, 1.165) is 24.3 Å². The lowest BCUT2D eigenvalue weighted by Gasteiger charge is -2.19. The van der Waals surface area contributed by atoms with Crippen molar-refractivity contribution in [3.8, 4) is 34.7 Å². The van der Waals surface area contributed by atoms with E-state index in [4.69, 9.17) is 9.47 Å². The molecule has 4 saturated carbocycles. The molecule has 24 heteroatoms. The second-order valence-electron chi connectivity index (χ2n) is 16.8. The highest BCUT2D eigenvalue weighted by Crippen LogP contribution is 2.45. The average molecular weight is 965 g/mol. The Bertz CT molecular complexity index is 2590. The molecule has 0 radical (unpaired) electrons. The number of nitrogens with one attached hydrogen (secondary N) is 4. The molecule has 4 aliphatic carbocycles. The number of halogens is 6. The standard InChI is InChI=1S/2C21H21F3N4O4S/c2*1-32-17-10-13(9-14(17)19(29)27-20(11-25)5-6-20)33(30,31)18-3-2-12(16-4-7-26-28-16)8-15(18)21(22,23)24/h2*2-4,7-8,13-14,17H,5-6,9-10H2,1H3,(H,26,28)(H,27,29)/t2*13-,14-,17-/m10/s1. The van der Waals surface area contributed by atoms with Crippen LogP contribution in [0.1, 0.15) is 62.5 Å². The van der Waals surface area contributed by atoms with E-state index in [-0.39, 0.29) is 36.8 Å². The lowest BCUT2D eigenvalue weighted by molar-refractivity contribution is -0.140. The first-order valence-corrected chi connectivity index (χ1v) is 23.5. The third kappa shape index (κ3) is 9.68. The molecule has 4 aromatic rings. The lowest BCUT2D eigenvalue weighted by atomic mass is 10.0. The molecule has 2 aromatic heterocycles. The summed E-state index contributed by atoms with van der Waals surface area (Å²) in [4.78, 5) is 23.8. The Kier molecular flexibility index (Phi) is 13.0. The summed E-state index contributed by atoms with van der Waals surface area (Å²) in [5.41, 5.74) is -3.54. The Balaban J connectivity index is 0.000000196. The monoisotopic (exact) mass is 964 g/mol. The molecule has 2 aromatic carbocycles. The van der Waals surface area contributed by atoms with Crippen LogP contribution in [0.5, 0.6) is 0 Å². The molecular formula is C42H42F6N8O8S2. The Morgan fingerprint density at radius 2 is 1.02 bits per heavy atom. The highest BCUT2D eigenvalue weighted by Gasteiger charge is 2.53. The van der Waals surface area contributed by atoms with Crippen LogP contribution in [0.3, 0.4) is 0 Å². The van der Waals surface area contributed by atoms with Crippen molar-refractivity contribution in [2.75, 3.05) is 14.2 Å². The molecule has 0 aliphatic heterocycles. The van der Waals surface area contributed by atoms with Gasteiger partial charge < -0.3 is 20.1 Å². The maximum absolute atomic E-state index is 13.9. The number of hydrogen-bond donors (Lipinski definition) is 4. The Morgan fingerprint density at radius 3 is 1.29 bits per heavy atom. The summed E-state index contributed by atoms with van der Waals surface area (Å²) in [7, 11) is -6.27. The van der Waals surface area contributed by atoms with Crippen LogP contribution in [0, 0.1) is 34.5 Å². The summed E-state index contributed by atoms with van der Waals surface area (Å²) >= 11 is 0. The van der Waals surface area contributed by atoms with E-state index in [2.05, 4.69) is 31.0 Å². The number of alkyl halides is 6. The quantitative estimate of drug-likeness (QED) is 0.125. The molecule has 66 heavy (non-hydrogen) atoms. The average Bonchev–Trinajstić information content (AvgIpc) is 3.79. The molecule has 4 aliphatic rings. The van der Waals surface area contributed by atoms with Crippen molar-refractivity contribution in [2.24, 2.45) is 11.8 Å². The number of benzene rings is 2. The summed E-state index contributed by atoms with van der Waals surface area (Å²) in [5.74, 6) is -2.83.